The van der Waals surface area contributed by atoms with Crippen molar-refractivity contribution in [2.75, 3.05) is 51.9 Å². The zero-order chi connectivity index (χ0) is 18.1. The molecule has 0 aliphatic carbocycles. The fourth-order valence-corrected chi connectivity index (χ4v) is 2.60. The van der Waals surface area contributed by atoms with Gasteiger partial charge in [0.1, 0.15) is 11.4 Å². The Bertz CT molecular complexity index is 523. The average molecular weight is 350 g/mol. The van der Waals surface area contributed by atoms with Crippen LogP contribution in [0, 0.1) is 0 Å². The summed E-state index contributed by atoms with van der Waals surface area (Å²) in [7, 11) is 1.55. The van der Waals surface area contributed by atoms with Gasteiger partial charge >= 0.3 is 0 Å². The van der Waals surface area contributed by atoms with Crippen molar-refractivity contribution in [2.45, 2.75) is 32.3 Å². The number of nitrogens with one attached hydrogen (secondary N) is 1. The number of ether oxygens (including phenoxy) is 3. The van der Waals surface area contributed by atoms with Crippen LogP contribution in [0.25, 0.3) is 0 Å². The zero-order valence-electron chi connectivity index (χ0n) is 15.5. The average Bonchev–Trinajstić information content (AvgIpc) is 2.66. The molecule has 1 aliphatic heterocycles. The first kappa shape index (κ1) is 19.7. The van der Waals surface area contributed by atoms with Crippen molar-refractivity contribution < 1.29 is 19.0 Å². The Morgan fingerprint density at radius 2 is 1.96 bits per heavy atom. The quantitative estimate of drug-likeness (QED) is 0.694. The van der Waals surface area contributed by atoms with E-state index in [0.717, 1.165) is 50.7 Å². The third-order valence-corrected chi connectivity index (χ3v) is 4.71. The van der Waals surface area contributed by atoms with Gasteiger partial charge in [-0.3, -0.25) is 9.69 Å². The van der Waals surface area contributed by atoms with Crippen LogP contribution in [0.15, 0.2) is 24.3 Å². The molecular weight excluding hydrogens is 320 g/mol. The first-order valence-electron chi connectivity index (χ1n) is 8.97. The van der Waals surface area contributed by atoms with Gasteiger partial charge < -0.3 is 19.5 Å². The molecule has 1 saturated heterocycles. The molecule has 25 heavy (non-hydrogen) atoms. The van der Waals surface area contributed by atoms with E-state index in [1.165, 1.54) is 0 Å². The molecule has 6 nitrogen and oxygen atoms in total. The molecule has 1 fully saturated rings. The monoisotopic (exact) mass is 350 g/mol. The summed E-state index contributed by atoms with van der Waals surface area (Å²) < 4.78 is 16.4. The lowest BCUT2D eigenvalue weighted by atomic mass is 10.0. The molecule has 1 unspecified atom stereocenters. The van der Waals surface area contributed by atoms with Crippen molar-refractivity contribution in [2.24, 2.45) is 0 Å². The Kier molecular flexibility index (Phi) is 7.68. The molecule has 140 valence electrons. The summed E-state index contributed by atoms with van der Waals surface area (Å²) >= 11 is 0. The van der Waals surface area contributed by atoms with Crippen LogP contribution in [-0.4, -0.2) is 63.0 Å². The number of methoxy groups -OCH3 is 1. The summed E-state index contributed by atoms with van der Waals surface area (Å²) in [5.74, 6) is 0.668. The van der Waals surface area contributed by atoms with Crippen LogP contribution in [0.2, 0.25) is 0 Å². The van der Waals surface area contributed by atoms with Gasteiger partial charge in [-0.25, -0.2) is 0 Å². The SMILES string of the molecule is CCC(C)(OC)C(=O)Nc1ccc(OCCCN2CCOCC2)cc1. The minimum Gasteiger partial charge on any atom is -0.494 e. The smallest absolute Gasteiger partial charge is 0.256 e. The predicted octanol–water partition coefficient (Wildman–Crippen LogP) is 2.54. The number of carbonyl (C=O) groups is 1. The highest BCUT2D eigenvalue weighted by Gasteiger charge is 2.30. The second kappa shape index (κ2) is 9.75. The standard InChI is InChI=1S/C19H30N2O4/c1-4-19(2,23-3)18(22)20-16-6-8-17(9-7-16)25-13-5-10-21-11-14-24-15-12-21/h6-9H,4-5,10-15H2,1-3H3,(H,20,22). The van der Waals surface area contributed by atoms with Crippen LogP contribution < -0.4 is 10.1 Å². The number of carbonyl (C=O) groups excluding carboxylic acids is 1. The molecular formula is C19H30N2O4. The zero-order valence-corrected chi connectivity index (χ0v) is 15.5. The Labute approximate surface area is 150 Å². The molecule has 1 N–H and O–H groups in total. The molecule has 6 heteroatoms. The van der Waals surface area contributed by atoms with Gasteiger partial charge in [0.2, 0.25) is 0 Å². The van der Waals surface area contributed by atoms with Crippen LogP contribution in [0.5, 0.6) is 5.75 Å². The highest BCUT2D eigenvalue weighted by atomic mass is 16.5. The number of anilines is 1. The summed E-state index contributed by atoms with van der Waals surface area (Å²) in [5, 5.41) is 2.88. The maximum absolute atomic E-state index is 12.3. The predicted molar refractivity (Wildman–Crippen MR) is 98.1 cm³/mol. The van der Waals surface area contributed by atoms with E-state index in [1.807, 2.05) is 31.2 Å². The summed E-state index contributed by atoms with van der Waals surface area (Å²) in [6, 6.07) is 7.45. The second-order valence-electron chi connectivity index (χ2n) is 6.42. The van der Waals surface area contributed by atoms with E-state index in [0.29, 0.717) is 13.0 Å². The highest BCUT2D eigenvalue weighted by Crippen LogP contribution is 2.20. The van der Waals surface area contributed by atoms with Crippen LogP contribution in [0.1, 0.15) is 26.7 Å². The van der Waals surface area contributed by atoms with Crippen molar-refractivity contribution in [1.82, 2.24) is 4.90 Å². The normalized spacial score (nSPS) is 17.7. The van der Waals surface area contributed by atoms with Gasteiger partial charge in [-0.15, -0.1) is 0 Å². The first-order valence-corrected chi connectivity index (χ1v) is 8.97. The minimum atomic E-state index is -0.811. The third-order valence-electron chi connectivity index (χ3n) is 4.71. The third kappa shape index (κ3) is 5.99. The highest BCUT2D eigenvalue weighted by molar-refractivity contribution is 5.97. The molecule has 2 rings (SSSR count). The summed E-state index contributed by atoms with van der Waals surface area (Å²) in [6.45, 7) is 9.09. The molecule has 1 aromatic rings. The molecule has 1 heterocycles. The van der Waals surface area contributed by atoms with Gasteiger partial charge in [-0.1, -0.05) is 6.92 Å². The van der Waals surface area contributed by atoms with E-state index < -0.39 is 5.60 Å². The van der Waals surface area contributed by atoms with E-state index in [4.69, 9.17) is 14.2 Å². The number of hydrogen-bond acceptors (Lipinski definition) is 5. The maximum atomic E-state index is 12.3. The van der Waals surface area contributed by atoms with Crippen molar-refractivity contribution in [3.8, 4) is 5.75 Å². The lowest BCUT2D eigenvalue weighted by molar-refractivity contribution is -0.136. The fraction of sp³-hybridized carbons (Fsp3) is 0.632. The Morgan fingerprint density at radius 1 is 1.28 bits per heavy atom. The molecule has 1 aliphatic rings. The number of amides is 1. The van der Waals surface area contributed by atoms with Gasteiger partial charge in [0.15, 0.2) is 0 Å². The molecule has 1 amide bonds. The number of nitrogens with zero attached hydrogens (tertiary/aromatic N) is 1. The second-order valence-corrected chi connectivity index (χ2v) is 6.42. The molecule has 0 saturated carbocycles. The van der Waals surface area contributed by atoms with E-state index in [9.17, 15) is 4.79 Å². The van der Waals surface area contributed by atoms with Crippen molar-refractivity contribution in [3.05, 3.63) is 24.3 Å². The van der Waals surface area contributed by atoms with E-state index in [2.05, 4.69) is 10.2 Å². The lowest BCUT2D eigenvalue weighted by Crippen LogP contribution is -2.41. The van der Waals surface area contributed by atoms with Gasteiger partial charge in [-0.2, -0.15) is 0 Å². The minimum absolute atomic E-state index is 0.142. The molecule has 1 aromatic carbocycles. The molecule has 0 aromatic heterocycles. The number of benzene rings is 1. The summed E-state index contributed by atoms with van der Waals surface area (Å²) in [6.07, 6.45) is 1.60. The maximum Gasteiger partial charge on any atom is 0.256 e. The number of rotatable bonds is 9. The Morgan fingerprint density at radius 3 is 2.56 bits per heavy atom. The largest absolute Gasteiger partial charge is 0.494 e. The van der Waals surface area contributed by atoms with Crippen LogP contribution in [-0.2, 0) is 14.3 Å². The van der Waals surface area contributed by atoms with E-state index in [-0.39, 0.29) is 5.91 Å². The summed E-state index contributed by atoms with van der Waals surface area (Å²) in [4.78, 5) is 14.7. The van der Waals surface area contributed by atoms with Gasteiger partial charge in [0, 0.05) is 32.4 Å². The molecule has 1 atom stereocenters. The van der Waals surface area contributed by atoms with Gasteiger partial charge in [0.05, 0.1) is 19.8 Å². The topological polar surface area (TPSA) is 60.0 Å². The van der Waals surface area contributed by atoms with Crippen molar-refractivity contribution in [1.29, 1.82) is 0 Å². The van der Waals surface area contributed by atoms with Crippen LogP contribution in [0.4, 0.5) is 5.69 Å². The van der Waals surface area contributed by atoms with Gasteiger partial charge in [-0.05, 0) is 44.0 Å². The summed E-state index contributed by atoms with van der Waals surface area (Å²) in [5.41, 5.74) is -0.0725. The van der Waals surface area contributed by atoms with Crippen LogP contribution >= 0.6 is 0 Å². The van der Waals surface area contributed by atoms with Gasteiger partial charge in [0.25, 0.3) is 5.91 Å². The lowest BCUT2D eigenvalue weighted by Gasteiger charge is -2.26. The van der Waals surface area contributed by atoms with Crippen LogP contribution in [0.3, 0.4) is 0 Å². The molecule has 0 radical (unpaired) electrons. The Hall–Kier alpha value is -1.63. The van der Waals surface area contributed by atoms with Crippen molar-refractivity contribution in [3.63, 3.8) is 0 Å². The van der Waals surface area contributed by atoms with E-state index >= 15 is 0 Å². The molecule has 0 bridgehead atoms. The molecule has 0 spiro atoms. The Balaban J connectivity index is 1.73. The number of morpholine rings is 1. The fourth-order valence-electron chi connectivity index (χ4n) is 2.60. The van der Waals surface area contributed by atoms with Crippen molar-refractivity contribution >= 4 is 11.6 Å². The van der Waals surface area contributed by atoms with E-state index in [1.54, 1.807) is 14.0 Å². The first-order chi connectivity index (χ1) is 12.1. The number of hydrogen-bond donors (Lipinski definition) is 1.